The highest BCUT2D eigenvalue weighted by Gasteiger charge is 2.14. The van der Waals surface area contributed by atoms with Gasteiger partial charge >= 0.3 is 0 Å². The summed E-state index contributed by atoms with van der Waals surface area (Å²) < 4.78 is 1.17. The molecule has 0 fully saturated rings. The van der Waals surface area contributed by atoms with Gasteiger partial charge in [-0.15, -0.1) is 11.3 Å². The number of aromatic nitrogens is 1. The Bertz CT molecular complexity index is 721. The van der Waals surface area contributed by atoms with Crippen LogP contribution in [0.5, 0.6) is 0 Å². The molecule has 0 spiro atoms. The van der Waals surface area contributed by atoms with Crippen LogP contribution >= 0.6 is 34.5 Å². The van der Waals surface area contributed by atoms with Crippen LogP contribution in [0.2, 0.25) is 10.0 Å². The van der Waals surface area contributed by atoms with Gasteiger partial charge in [0.05, 0.1) is 15.2 Å². The van der Waals surface area contributed by atoms with Gasteiger partial charge in [-0.1, -0.05) is 35.3 Å². The van der Waals surface area contributed by atoms with Crippen LogP contribution in [0.1, 0.15) is 16.6 Å². The largest absolute Gasteiger partial charge is 0.324 e. The van der Waals surface area contributed by atoms with Crippen LogP contribution < -0.4 is 5.73 Å². The zero-order chi connectivity index (χ0) is 14.1. The minimum absolute atomic E-state index is 0.207. The lowest BCUT2D eigenvalue weighted by molar-refractivity contribution is 0.719. The molecule has 0 aliphatic rings. The summed E-state index contributed by atoms with van der Waals surface area (Å²) in [6.07, 6.45) is 0.652. The molecule has 2 aromatic carbocycles. The average molecular weight is 323 g/mol. The molecule has 1 aromatic heterocycles. The number of halogens is 2. The van der Waals surface area contributed by atoms with Gasteiger partial charge in [0.2, 0.25) is 0 Å². The lowest BCUT2D eigenvalue weighted by Crippen LogP contribution is -2.13. The van der Waals surface area contributed by atoms with E-state index < -0.39 is 0 Å². The fourth-order valence-corrected chi connectivity index (χ4v) is 3.57. The van der Waals surface area contributed by atoms with Gasteiger partial charge in [0.15, 0.2) is 0 Å². The lowest BCUT2D eigenvalue weighted by Gasteiger charge is -2.12. The van der Waals surface area contributed by atoms with Crippen LogP contribution in [0, 0.1) is 0 Å². The van der Waals surface area contributed by atoms with Gasteiger partial charge in [-0.3, -0.25) is 0 Å². The molecule has 0 radical (unpaired) electrons. The van der Waals surface area contributed by atoms with E-state index in [1.807, 2.05) is 24.3 Å². The molecule has 0 saturated heterocycles. The van der Waals surface area contributed by atoms with E-state index in [0.717, 1.165) is 16.1 Å². The molecule has 1 atom stereocenters. The molecular weight excluding hydrogens is 311 g/mol. The first-order chi connectivity index (χ1) is 9.63. The number of nitrogens with two attached hydrogens (primary N) is 1. The normalized spacial score (nSPS) is 12.8. The number of rotatable bonds is 3. The first-order valence-electron chi connectivity index (χ1n) is 6.18. The summed E-state index contributed by atoms with van der Waals surface area (Å²) in [5.74, 6) is 0. The van der Waals surface area contributed by atoms with Gasteiger partial charge in [-0.2, -0.15) is 0 Å². The van der Waals surface area contributed by atoms with Crippen molar-refractivity contribution in [3.63, 3.8) is 0 Å². The van der Waals surface area contributed by atoms with Crippen LogP contribution in [0.25, 0.3) is 10.2 Å². The Kier molecular flexibility index (Phi) is 3.94. The molecule has 1 unspecified atom stereocenters. The molecule has 5 heteroatoms. The second-order valence-electron chi connectivity index (χ2n) is 4.55. The van der Waals surface area contributed by atoms with Crippen LogP contribution in [-0.2, 0) is 6.42 Å². The molecule has 0 saturated carbocycles. The zero-order valence-corrected chi connectivity index (χ0v) is 12.8. The molecule has 2 N–H and O–H groups in total. The molecule has 0 aliphatic heterocycles. The van der Waals surface area contributed by atoms with Crippen molar-refractivity contribution >= 4 is 44.8 Å². The molecule has 0 bridgehead atoms. The highest BCUT2D eigenvalue weighted by atomic mass is 35.5. The quantitative estimate of drug-likeness (QED) is 0.748. The van der Waals surface area contributed by atoms with Crippen molar-refractivity contribution in [3.05, 3.63) is 63.1 Å². The summed E-state index contributed by atoms with van der Waals surface area (Å²) in [6, 6.07) is 13.2. The van der Waals surface area contributed by atoms with Gasteiger partial charge in [0.1, 0.15) is 0 Å². The van der Waals surface area contributed by atoms with Crippen LogP contribution in [0.15, 0.2) is 42.5 Å². The molecule has 2 nitrogen and oxygen atoms in total. The van der Waals surface area contributed by atoms with E-state index in [-0.39, 0.29) is 6.04 Å². The second-order valence-corrected chi connectivity index (χ2v) is 6.51. The number of thiazole rings is 1. The summed E-state index contributed by atoms with van der Waals surface area (Å²) in [5, 5.41) is 2.29. The summed E-state index contributed by atoms with van der Waals surface area (Å²) in [7, 11) is 0. The number of fused-ring (bicyclic) bond motifs is 1. The molecule has 20 heavy (non-hydrogen) atoms. The van der Waals surface area contributed by atoms with E-state index in [2.05, 4.69) is 11.1 Å². The molecule has 3 rings (SSSR count). The number of hydrogen-bond acceptors (Lipinski definition) is 3. The molecule has 1 heterocycles. The highest BCUT2D eigenvalue weighted by molar-refractivity contribution is 7.18. The number of hydrogen-bond donors (Lipinski definition) is 1. The maximum atomic E-state index is 6.24. The third-order valence-corrected chi connectivity index (χ3v) is 4.73. The van der Waals surface area contributed by atoms with Crippen molar-refractivity contribution < 1.29 is 0 Å². The SMILES string of the molecule is NC(Cc1nc2ccccc2s1)c1cc(Cl)ccc1Cl. The van der Waals surface area contributed by atoms with Crippen molar-refractivity contribution in [2.45, 2.75) is 12.5 Å². The predicted molar refractivity (Wildman–Crippen MR) is 86.7 cm³/mol. The van der Waals surface area contributed by atoms with Crippen molar-refractivity contribution in [2.24, 2.45) is 5.73 Å². The molecular formula is C15H12Cl2N2S. The molecule has 0 amide bonds. The van der Waals surface area contributed by atoms with E-state index in [9.17, 15) is 0 Å². The molecule has 0 aliphatic carbocycles. The van der Waals surface area contributed by atoms with Crippen molar-refractivity contribution in [1.29, 1.82) is 0 Å². The van der Waals surface area contributed by atoms with Crippen molar-refractivity contribution in [2.75, 3.05) is 0 Å². The van der Waals surface area contributed by atoms with E-state index in [1.54, 1.807) is 23.5 Å². The smallest absolute Gasteiger partial charge is 0.0957 e. The minimum atomic E-state index is -0.207. The van der Waals surface area contributed by atoms with Crippen LogP contribution in [0.4, 0.5) is 0 Å². The minimum Gasteiger partial charge on any atom is -0.324 e. The van der Waals surface area contributed by atoms with Gasteiger partial charge in [-0.05, 0) is 35.9 Å². The van der Waals surface area contributed by atoms with E-state index in [4.69, 9.17) is 28.9 Å². The maximum absolute atomic E-state index is 6.24. The monoisotopic (exact) mass is 322 g/mol. The Hall–Kier alpha value is -1.13. The van der Waals surface area contributed by atoms with Crippen LogP contribution in [-0.4, -0.2) is 4.98 Å². The summed E-state index contributed by atoms with van der Waals surface area (Å²) in [4.78, 5) is 4.59. The van der Waals surface area contributed by atoms with Crippen molar-refractivity contribution in [3.8, 4) is 0 Å². The number of nitrogens with zero attached hydrogens (tertiary/aromatic N) is 1. The number of para-hydroxylation sites is 1. The second kappa shape index (κ2) is 5.70. The predicted octanol–water partition coefficient (Wildman–Crippen LogP) is 4.85. The standard InChI is InChI=1S/C15H12Cl2N2S/c16-9-5-6-11(17)10(7-9)12(18)8-15-19-13-3-1-2-4-14(13)20-15/h1-7,12H,8,18H2. The maximum Gasteiger partial charge on any atom is 0.0957 e. The van der Waals surface area contributed by atoms with Gasteiger partial charge in [0.25, 0.3) is 0 Å². The lowest BCUT2D eigenvalue weighted by atomic mass is 10.1. The van der Waals surface area contributed by atoms with E-state index in [0.29, 0.717) is 16.5 Å². The molecule has 3 aromatic rings. The topological polar surface area (TPSA) is 38.9 Å². The van der Waals surface area contributed by atoms with Crippen LogP contribution in [0.3, 0.4) is 0 Å². The van der Waals surface area contributed by atoms with Gasteiger partial charge in [0, 0.05) is 22.5 Å². The molecule has 102 valence electrons. The summed E-state index contributed by atoms with van der Waals surface area (Å²) in [5.41, 5.74) is 8.11. The Morgan fingerprint density at radius 3 is 2.75 bits per heavy atom. The Morgan fingerprint density at radius 1 is 1.15 bits per heavy atom. The highest BCUT2D eigenvalue weighted by Crippen LogP contribution is 2.29. The Morgan fingerprint density at radius 2 is 1.95 bits per heavy atom. The fraction of sp³-hybridized carbons (Fsp3) is 0.133. The van der Waals surface area contributed by atoms with Gasteiger partial charge in [-0.25, -0.2) is 4.98 Å². The Balaban J connectivity index is 1.88. The Labute approximate surface area is 131 Å². The third-order valence-electron chi connectivity index (χ3n) is 3.09. The fourth-order valence-electron chi connectivity index (χ4n) is 2.10. The summed E-state index contributed by atoms with van der Waals surface area (Å²) >= 11 is 13.8. The summed E-state index contributed by atoms with van der Waals surface area (Å²) in [6.45, 7) is 0. The zero-order valence-electron chi connectivity index (χ0n) is 10.5. The van der Waals surface area contributed by atoms with E-state index in [1.165, 1.54) is 4.70 Å². The average Bonchev–Trinajstić information content (AvgIpc) is 2.83. The van der Waals surface area contributed by atoms with Crippen molar-refractivity contribution in [1.82, 2.24) is 4.98 Å². The van der Waals surface area contributed by atoms with E-state index >= 15 is 0 Å². The van der Waals surface area contributed by atoms with Gasteiger partial charge < -0.3 is 5.73 Å². The first-order valence-corrected chi connectivity index (χ1v) is 7.76. The number of benzene rings is 2. The third kappa shape index (κ3) is 2.81. The first kappa shape index (κ1) is 13.8.